The number of allylic oxidation sites excluding steroid dienone is 2. The molecule has 0 amide bonds. The summed E-state index contributed by atoms with van der Waals surface area (Å²) >= 11 is 0. The van der Waals surface area contributed by atoms with Crippen molar-refractivity contribution < 1.29 is 0 Å². The first-order valence-corrected chi connectivity index (χ1v) is 5.68. The summed E-state index contributed by atoms with van der Waals surface area (Å²) in [4.78, 5) is 2.27. The summed E-state index contributed by atoms with van der Waals surface area (Å²) < 4.78 is 0. The van der Waals surface area contributed by atoms with Crippen molar-refractivity contribution >= 4 is 5.69 Å². The topological polar surface area (TPSA) is 3.24 Å². The monoisotopic (exact) mass is 203 g/mol. The standard InChI is InChI=1S/C12H15N.C2H6/c1-9-8-11-6-4-5-7-12(11)13(3)10(9)2;1-2/h4-7H,8H2,1-3H3;1-2H3. The maximum Gasteiger partial charge on any atom is 0.0441 e. The number of fused-ring (bicyclic) bond motifs is 1. The summed E-state index contributed by atoms with van der Waals surface area (Å²) in [6, 6.07) is 8.61. The Kier molecular flexibility index (Phi) is 3.96. The van der Waals surface area contributed by atoms with Crippen molar-refractivity contribution in [1.29, 1.82) is 0 Å². The van der Waals surface area contributed by atoms with Crippen LogP contribution in [0.15, 0.2) is 35.5 Å². The van der Waals surface area contributed by atoms with E-state index in [0.717, 1.165) is 6.42 Å². The van der Waals surface area contributed by atoms with Crippen LogP contribution in [0, 0.1) is 0 Å². The fourth-order valence-electron chi connectivity index (χ4n) is 1.87. The Hall–Kier alpha value is -1.24. The molecule has 82 valence electrons. The van der Waals surface area contributed by atoms with Crippen LogP contribution in [0.1, 0.15) is 33.3 Å². The van der Waals surface area contributed by atoms with Crippen LogP contribution in [0.2, 0.25) is 0 Å². The Morgan fingerprint density at radius 1 is 1.07 bits per heavy atom. The lowest BCUT2D eigenvalue weighted by atomic mass is 9.98. The highest BCUT2D eigenvalue weighted by Gasteiger charge is 2.15. The van der Waals surface area contributed by atoms with Gasteiger partial charge in [-0.1, -0.05) is 32.0 Å². The van der Waals surface area contributed by atoms with Crippen LogP contribution in [0.5, 0.6) is 0 Å². The number of hydrogen-bond acceptors (Lipinski definition) is 1. The molecule has 2 rings (SSSR count). The Morgan fingerprint density at radius 3 is 2.33 bits per heavy atom. The molecule has 0 radical (unpaired) electrons. The van der Waals surface area contributed by atoms with Crippen LogP contribution in [0.25, 0.3) is 0 Å². The third kappa shape index (κ3) is 2.23. The number of nitrogens with zero attached hydrogens (tertiary/aromatic N) is 1. The summed E-state index contributed by atoms with van der Waals surface area (Å²) in [5.74, 6) is 0. The van der Waals surface area contributed by atoms with Crippen LogP contribution in [-0.2, 0) is 6.42 Å². The summed E-state index contributed by atoms with van der Waals surface area (Å²) in [6.07, 6.45) is 1.10. The van der Waals surface area contributed by atoms with Crippen molar-refractivity contribution in [1.82, 2.24) is 0 Å². The van der Waals surface area contributed by atoms with E-state index in [1.165, 1.54) is 22.5 Å². The number of anilines is 1. The fourth-order valence-corrected chi connectivity index (χ4v) is 1.87. The van der Waals surface area contributed by atoms with Crippen molar-refractivity contribution in [3.05, 3.63) is 41.1 Å². The van der Waals surface area contributed by atoms with Crippen LogP contribution < -0.4 is 4.90 Å². The molecule has 1 heteroatoms. The van der Waals surface area contributed by atoms with Gasteiger partial charge in [-0.25, -0.2) is 0 Å². The van der Waals surface area contributed by atoms with Gasteiger partial charge in [-0.15, -0.1) is 0 Å². The fraction of sp³-hybridized carbons (Fsp3) is 0.429. The molecule has 1 heterocycles. The Balaban J connectivity index is 0.000000531. The van der Waals surface area contributed by atoms with E-state index in [2.05, 4.69) is 50.1 Å². The van der Waals surface area contributed by atoms with Crippen molar-refractivity contribution in [2.45, 2.75) is 34.1 Å². The molecule has 1 nitrogen and oxygen atoms in total. The molecule has 0 fully saturated rings. The average Bonchev–Trinajstić information content (AvgIpc) is 2.29. The minimum absolute atomic E-state index is 1.10. The average molecular weight is 203 g/mol. The van der Waals surface area contributed by atoms with Gasteiger partial charge in [-0.3, -0.25) is 0 Å². The third-order valence-corrected chi connectivity index (χ3v) is 2.93. The molecular weight excluding hydrogens is 182 g/mol. The van der Waals surface area contributed by atoms with Crippen LogP contribution in [0.3, 0.4) is 0 Å². The van der Waals surface area contributed by atoms with Gasteiger partial charge in [0.05, 0.1) is 0 Å². The highest BCUT2D eigenvalue weighted by molar-refractivity contribution is 5.61. The zero-order valence-corrected chi connectivity index (χ0v) is 10.5. The Bertz CT molecular complexity index is 363. The molecular formula is C14H21N. The summed E-state index contributed by atoms with van der Waals surface area (Å²) in [5, 5.41) is 0. The maximum absolute atomic E-state index is 2.27. The summed E-state index contributed by atoms with van der Waals surface area (Å²) in [5.41, 5.74) is 5.65. The first-order valence-electron chi connectivity index (χ1n) is 5.68. The van der Waals surface area contributed by atoms with E-state index in [4.69, 9.17) is 0 Å². The van der Waals surface area contributed by atoms with E-state index in [-0.39, 0.29) is 0 Å². The predicted molar refractivity (Wildman–Crippen MR) is 68.3 cm³/mol. The molecule has 0 aliphatic carbocycles. The molecule has 1 aliphatic heterocycles. The zero-order chi connectivity index (χ0) is 11.4. The lowest BCUT2D eigenvalue weighted by Crippen LogP contribution is -2.21. The second-order valence-corrected chi connectivity index (χ2v) is 3.73. The maximum atomic E-state index is 2.27. The van der Waals surface area contributed by atoms with E-state index in [1.807, 2.05) is 13.8 Å². The normalized spacial score (nSPS) is 14.3. The van der Waals surface area contributed by atoms with Crippen LogP contribution in [-0.4, -0.2) is 7.05 Å². The minimum Gasteiger partial charge on any atom is -0.348 e. The lowest BCUT2D eigenvalue weighted by molar-refractivity contribution is 0.949. The predicted octanol–water partition coefficient (Wildman–Crippen LogP) is 4.00. The Labute approximate surface area is 93.4 Å². The van der Waals surface area contributed by atoms with E-state index in [0.29, 0.717) is 0 Å². The van der Waals surface area contributed by atoms with Gasteiger partial charge in [-0.2, -0.15) is 0 Å². The molecule has 0 bridgehead atoms. The quantitative estimate of drug-likeness (QED) is 0.616. The number of rotatable bonds is 0. The molecule has 0 N–H and O–H groups in total. The van der Waals surface area contributed by atoms with Crippen molar-refractivity contribution in [2.75, 3.05) is 11.9 Å². The molecule has 1 aromatic rings. The largest absolute Gasteiger partial charge is 0.348 e. The van der Waals surface area contributed by atoms with Gasteiger partial charge in [0.1, 0.15) is 0 Å². The number of benzene rings is 1. The molecule has 0 unspecified atom stereocenters. The zero-order valence-electron chi connectivity index (χ0n) is 10.5. The highest BCUT2D eigenvalue weighted by atomic mass is 15.1. The summed E-state index contributed by atoms with van der Waals surface area (Å²) in [7, 11) is 2.14. The molecule has 1 aliphatic rings. The van der Waals surface area contributed by atoms with Crippen molar-refractivity contribution in [3.63, 3.8) is 0 Å². The first kappa shape index (κ1) is 11.8. The lowest BCUT2D eigenvalue weighted by Gasteiger charge is -2.29. The van der Waals surface area contributed by atoms with Crippen LogP contribution >= 0.6 is 0 Å². The molecule has 0 saturated carbocycles. The molecule has 1 aromatic carbocycles. The van der Waals surface area contributed by atoms with Crippen LogP contribution in [0.4, 0.5) is 5.69 Å². The molecule has 0 aromatic heterocycles. The van der Waals surface area contributed by atoms with Crippen molar-refractivity contribution in [3.8, 4) is 0 Å². The van der Waals surface area contributed by atoms with Gasteiger partial charge in [0, 0.05) is 18.4 Å². The first-order chi connectivity index (χ1) is 7.20. The van der Waals surface area contributed by atoms with E-state index >= 15 is 0 Å². The second-order valence-electron chi connectivity index (χ2n) is 3.73. The number of para-hydroxylation sites is 1. The van der Waals surface area contributed by atoms with Gasteiger partial charge in [0.15, 0.2) is 0 Å². The molecule has 15 heavy (non-hydrogen) atoms. The minimum atomic E-state index is 1.10. The van der Waals surface area contributed by atoms with Gasteiger partial charge in [0.2, 0.25) is 0 Å². The van der Waals surface area contributed by atoms with Gasteiger partial charge < -0.3 is 4.90 Å². The van der Waals surface area contributed by atoms with Crippen molar-refractivity contribution in [2.24, 2.45) is 0 Å². The second kappa shape index (κ2) is 5.01. The SMILES string of the molecule is CC.CC1=C(C)N(C)c2ccccc2C1. The van der Waals surface area contributed by atoms with E-state index < -0.39 is 0 Å². The van der Waals surface area contributed by atoms with Gasteiger partial charge in [0.25, 0.3) is 0 Å². The van der Waals surface area contributed by atoms with E-state index in [9.17, 15) is 0 Å². The molecule has 0 spiro atoms. The summed E-state index contributed by atoms with van der Waals surface area (Å²) in [6.45, 7) is 8.40. The third-order valence-electron chi connectivity index (χ3n) is 2.93. The Morgan fingerprint density at radius 2 is 1.67 bits per heavy atom. The van der Waals surface area contributed by atoms with E-state index in [1.54, 1.807) is 0 Å². The smallest absolute Gasteiger partial charge is 0.0441 e. The van der Waals surface area contributed by atoms with Gasteiger partial charge >= 0.3 is 0 Å². The number of hydrogen-bond donors (Lipinski definition) is 0. The highest BCUT2D eigenvalue weighted by Crippen LogP contribution is 2.30. The molecule has 0 saturated heterocycles. The van der Waals surface area contributed by atoms with Gasteiger partial charge in [-0.05, 0) is 37.5 Å². The molecule has 0 atom stereocenters.